The molecule has 2 heterocycles. The van der Waals surface area contributed by atoms with E-state index in [0.717, 1.165) is 32.0 Å². The Labute approximate surface area is 137 Å². The molecule has 23 heavy (non-hydrogen) atoms. The standard InChI is InChI=1S/C18H22N4O/c1-20(2)17-9-8-15(14-19-17)18(23)22-12-10-21(11-13-22)16-6-4-3-5-7-16/h3-9,14H,10-13H2,1-2H3. The second-order valence-electron chi connectivity index (χ2n) is 5.91. The summed E-state index contributed by atoms with van der Waals surface area (Å²) in [6.45, 7) is 3.20. The van der Waals surface area contributed by atoms with Crippen molar-refractivity contribution < 1.29 is 4.79 Å². The van der Waals surface area contributed by atoms with Crippen molar-refractivity contribution in [3.63, 3.8) is 0 Å². The molecule has 2 aromatic rings. The van der Waals surface area contributed by atoms with Gasteiger partial charge < -0.3 is 14.7 Å². The predicted molar refractivity (Wildman–Crippen MR) is 93.1 cm³/mol. The molecule has 1 fully saturated rings. The normalized spacial score (nSPS) is 14.7. The number of carbonyl (C=O) groups is 1. The Bertz CT molecular complexity index is 646. The highest BCUT2D eigenvalue weighted by Gasteiger charge is 2.22. The molecule has 0 aliphatic carbocycles. The third kappa shape index (κ3) is 3.44. The molecule has 1 amide bonds. The van der Waals surface area contributed by atoms with Crippen molar-refractivity contribution in [1.82, 2.24) is 9.88 Å². The number of hydrogen-bond donors (Lipinski definition) is 0. The van der Waals surface area contributed by atoms with Gasteiger partial charge in [0.1, 0.15) is 5.82 Å². The van der Waals surface area contributed by atoms with Gasteiger partial charge in [0, 0.05) is 52.2 Å². The highest BCUT2D eigenvalue weighted by molar-refractivity contribution is 5.94. The van der Waals surface area contributed by atoms with E-state index in [-0.39, 0.29) is 5.91 Å². The second-order valence-corrected chi connectivity index (χ2v) is 5.91. The molecule has 0 radical (unpaired) electrons. The number of carbonyl (C=O) groups excluding carboxylic acids is 1. The van der Waals surface area contributed by atoms with Gasteiger partial charge in [0.25, 0.3) is 5.91 Å². The predicted octanol–water partition coefficient (Wildman–Crippen LogP) is 2.11. The molecule has 0 spiro atoms. The summed E-state index contributed by atoms with van der Waals surface area (Å²) in [5, 5.41) is 0. The van der Waals surface area contributed by atoms with Crippen LogP contribution in [0.25, 0.3) is 0 Å². The molecule has 0 atom stereocenters. The van der Waals surface area contributed by atoms with Crippen molar-refractivity contribution >= 4 is 17.4 Å². The SMILES string of the molecule is CN(C)c1ccc(C(=O)N2CCN(c3ccccc3)CC2)cn1. The van der Waals surface area contributed by atoms with E-state index in [1.54, 1.807) is 6.20 Å². The first kappa shape index (κ1) is 15.3. The monoisotopic (exact) mass is 310 g/mol. The minimum Gasteiger partial charge on any atom is -0.368 e. The van der Waals surface area contributed by atoms with Crippen LogP contribution in [0.2, 0.25) is 0 Å². The maximum Gasteiger partial charge on any atom is 0.255 e. The molecule has 1 saturated heterocycles. The molecular weight excluding hydrogens is 288 g/mol. The number of rotatable bonds is 3. The van der Waals surface area contributed by atoms with Gasteiger partial charge in [-0.2, -0.15) is 0 Å². The van der Waals surface area contributed by atoms with Gasteiger partial charge in [0.05, 0.1) is 5.56 Å². The van der Waals surface area contributed by atoms with Crippen LogP contribution >= 0.6 is 0 Å². The number of pyridine rings is 1. The van der Waals surface area contributed by atoms with E-state index < -0.39 is 0 Å². The number of para-hydroxylation sites is 1. The summed E-state index contributed by atoms with van der Waals surface area (Å²) in [5.41, 5.74) is 1.88. The molecule has 1 aliphatic rings. The zero-order valence-electron chi connectivity index (χ0n) is 13.6. The number of benzene rings is 1. The maximum absolute atomic E-state index is 12.6. The zero-order chi connectivity index (χ0) is 16.2. The van der Waals surface area contributed by atoms with Crippen molar-refractivity contribution in [2.45, 2.75) is 0 Å². The maximum atomic E-state index is 12.6. The molecule has 120 valence electrons. The molecule has 1 aliphatic heterocycles. The highest BCUT2D eigenvalue weighted by atomic mass is 16.2. The molecule has 1 aromatic heterocycles. The van der Waals surface area contributed by atoms with Gasteiger partial charge in [-0.05, 0) is 24.3 Å². The number of piperazine rings is 1. The lowest BCUT2D eigenvalue weighted by Crippen LogP contribution is -2.48. The van der Waals surface area contributed by atoms with Crippen molar-refractivity contribution in [3.8, 4) is 0 Å². The van der Waals surface area contributed by atoms with E-state index in [2.05, 4.69) is 22.0 Å². The van der Waals surface area contributed by atoms with Crippen LogP contribution in [0.1, 0.15) is 10.4 Å². The third-order valence-corrected chi connectivity index (χ3v) is 4.14. The van der Waals surface area contributed by atoms with E-state index in [0.29, 0.717) is 5.56 Å². The van der Waals surface area contributed by atoms with Crippen LogP contribution in [-0.2, 0) is 0 Å². The van der Waals surface area contributed by atoms with E-state index in [1.165, 1.54) is 5.69 Å². The van der Waals surface area contributed by atoms with Gasteiger partial charge >= 0.3 is 0 Å². The molecule has 0 N–H and O–H groups in total. The Morgan fingerprint density at radius 2 is 1.70 bits per heavy atom. The van der Waals surface area contributed by atoms with E-state index in [1.807, 2.05) is 54.2 Å². The van der Waals surface area contributed by atoms with Gasteiger partial charge in [0.2, 0.25) is 0 Å². The number of aromatic nitrogens is 1. The van der Waals surface area contributed by atoms with Gasteiger partial charge in [-0.15, -0.1) is 0 Å². The van der Waals surface area contributed by atoms with Gasteiger partial charge in [0.15, 0.2) is 0 Å². The lowest BCUT2D eigenvalue weighted by molar-refractivity contribution is 0.0746. The molecular formula is C18H22N4O. The van der Waals surface area contributed by atoms with Crippen molar-refractivity contribution in [1.29, 1.82) is 0 Å². The minimum absolute atomic E-state index is 0.0653. The first-order valence-corrected chi connectivity index (χ1v) is 7.88. The fourth-order valence-electron chi connectivity index (χ4n) is 2.77. The largest absolute Gasteiger partial charge is 0.368 e. The molecule has 0 bridgehead atoms. The van der Waals surface area contributed by atoms with Crippen LogP contribution < -0.4 is 9.80 Å². The fraction of sp³-hybridized carbons (Fsp3) is 0.333. The summed E-state index contributed by atoms with van der Waals surface area (Å²) >= 11 is 0. The Kier molecular flexibility index (Phi) is 4.46. The summed E-state index contributed by atoms with van der Waals surface area (Å²) in [5.74, 6) is 0.922. The number of nitrogens with zero attached hydrogens (tertiary/aromatic N) is 4. The first-order valence-electron chi connectivity index (χ1n) is 7.88. The second kappa shape index (κ2) is 6.69. The summed E-state index contributed by atoms with van der Waals surface area (Å²) in [6, 6.07) is 14.1. The van der Waals surface area contributed by atoms with Crippen molar-refractivity contribution in [2.24, 2.45) is 0 Å². The average molecular weight is 310 g/mol. The van der Waals surface area contributed by atoms with Crippen LogP contribution in [-0.4, -0.2) is 56.1 Å². The van der Waals surface area contributed by atoms with Crippen molar-refractivity contribution in [3.05, 3.63) is 54.2 Å². The fourth-order valence-corrected chi connectivity index (χ4v) is 2.77. The van der Waals surface area contributed by atoms with Gasteiger partial charge in [-0.3, -0.25) is 4.79 Å². The third-order valence-electron chi connectivity index (χ3n) is 4.14. The molecule has 3 rings (SSSR count). The highest BCUT2D eigenvalue weighted by Crippen LogP contribution is 2.17. The van der Waals surface area contributed by atoms with E-state index in [9.17, 15) is 4.79 Å². The van der Waals surface area contributed by atoms with Crippen LogP contribution in [0.3, 0.4) is 0 Å². The lowest BCUT2D eigenvalue weighted by Gasteiger charge is -2.36. The Morgan fingerprint density at radius 3 is 2.26 bits per heavy atom. The topological polar surface area (TPSA) is 39.7 Å². The van der Waals surface area contributed by atoms with Crippen LogP contribution in [0, 0.1) is 0 Å². The molecule has 1 aromatic carbocycles. The Balaban J connectivity index is 1.62. The van der Waals surface area contributed by atoms with Crippen molar-refractivity contribution in [2.75, 3.05) is 50.1 Å². The minimum atomic E-state index is 0.0653. The number of hydrogen-bond acceptors (Lipinski definition) is 4. The summed E-state index contributed by atoms with van der Waals surface area (Å²) in [6.07, 6.45) is 1.67. The first-order chi connectivity index (χ1) is 11.1. The average Bonchev–Trinajstić information content (AvgIpc) is 2.62. The van der Waals surface area contributed by atoms with Gasteiger partial charge in [-0.25, -0.2) is 4.98 Å². The number of anilines is 2. The van der Waals surface area contributed by atoms with E-state index >= 15 is 0 Å². The summed E-state index contributed by atoms with van der Waals surface area (Å²) < 4.78 is 0. The number of amides is 1. The quantitative estimate of drug-likeness (QED) is 0.870. The lowest BCUT2D eigenvalue weighted by atomic mass is 10.2. The van der Waals surface area contributed by atoms with Crippen LogP contribution in [0.4, 0.5) is 11.5 Å². The molecule has 0 unspecified atom stereocenters. The smallest absolute Gasteiger partial charge is 0.255 e. The van der Waals surface area contributed by atoms with E-state index in [4.69, 9.17) is 0 Å². The Hall–Kier alpha value is -2.56. The van der Waals surface area contributed by atoms with Crippen LogP contribution in [0.5, 0.6) is 0 Å². The van der Waals surface area contributed by atoms with Gasteiger partial charge in [-0.1, -0.05) is 18.2 Å². The zero-order valence-corrected chi connectivity index (χ0v) is 13.6. The Morgan fingerprint density at radius 1 is 1.00 bits per heavy atom. The summed E-state index contributed by atoms with van der Waals surface area (Å²) in [4.78, 5) is 23.1. The molecule has 0 saturated carbocycles. The van der Waals surface area contributed by atoms with Crippen LogP contribution in [0.15, 0.2) is 48.7 Å². The summed E-state index contributed by atoms with van der Waals surface area (Å²) in [7, 11) is 3.87. The molecule has 5 heteroatoms. The molecule has 5 nitrogen and oxygen atoms in total.